The number of halogens is 1. The number of nitrogens with one attached hydrogen (secondary N) is 1. The molecule has 0 spiro atoms. The average molecular weight is 441 g/mol. The van der Waals surface area contributed by atoms with Crippen molar-refractivity contribution in [1.29, 1.82) is 0 Å². The van der Waals surface area contributed by atoms with Crippen LogP contribution in [0.1, 0.15) is 16.5 Å². The van der Waals surface area contributed by atoms with E-state index in [9.17, 15) is 4.79 Å². The summed E-state index contributed by atoms with van der Waals surface area (Å²) in [6.45, 7) is 2.95. The van der Waals surface area contributed by atoms with Crippen molar-refractivity contribution in [2.75, 3.05) is 6.54 Å². The molecule has 4 aromatic rings. The van der Waals surface area contributed by atoms with Crippen molar-refractivity contribution in [3.8, 4) is 5.75 Å². The second-order valence-corrected chi connectivity index (χ2v) is 8.30. The van der Waals surface area contributed by atoms with E-state index in [4.69, 9.17) is 16.3 Å². The third kappa shape index (κ3) is 4.98. The van der Waals surface area contributed by atoms with Gasteiger partial charge in [0.1, 0.15) is 24.7 Å². The molecule has 154 valence electrons. The van der Waals surface area contributed by atoms with E-state index in [-0.39, 0.29) is 19.1 Å². The highest BCUT2D eigenvalue weighted by atomic mass is 35.5. The van der Waals surface area contributed by atoms with E-state index in [1.807, 2.05) is 53.3 Å². The summed E-state index contributed by atoms with van der Waals surface area (Å²) in [4.78, 5) is 21.7. The van der Waals surface area contributed by atoms with Crippen LogP contribution in [-0.4, -0.2) is 27.0 Å². The number of fused-ring (bicyclic) bond motifs is 1. The van der Waals surface area contributed by atoms with Gasteiger partial charge in [0.05, 0.1) is 21.7 Å². The molecule has 0 saturated heterocycles. The summed E-state index contributed by atoms with van der Waals surface area (Å²) in [5.74, 6) is 1.32. The number of ether oxygens (including phenoxy) is 1. The van der Waals surface area contributed by atoms with E-state index >= 15 is 0 Å². The largest absolute Gasteiger partial charge is 0.486 e. The molecule has 0 aliphatic carbocycles. The molecule has 6 nitrogen and oxygen atoms in total. The third-order valence-corrected chi connectivity index (χ3v) is 5.66. The van der Waals surface area contributed by atoms with Crippen LogP contribution in [-0.2, 0) is 24.4 Å². The van der Waals surface area contributed by atoms with Crippen LogP contribution >= 0.6 is 22.9 Å². The number of rotatable bonds is 8. The predicted molar refractivity (Wildman–Crippen MR) is 119 cm³/mol. The van der Waals surface area contributed by atoms with Crippen LogP contribution in [0.2, 0.25) is 5.02 Å². The summed E-state index contributed by atoms with van der Waals surface area (Å²) in [6, 6.07) is 14.9. The van der Waals surface area contributed by atoms with Crippen LogP contribution in [0.15, 0.2) is 53.9 Å². The summed E-state index contributed by atoms with van der Waals surface area (Å²) in [5.41, 5.74) is 2.73. The highest BCUT2D eigenvalue weighted by Gasteiger charge is 2.14. The van der Waals surface area contributed by atoms with Gasteiger partial charge in [-0.2, -0.15) is 0 Å². The van der Waals surface area contributed by atoms with Gasteiger partial charge in [0, 0.05) is 23.4 Å². The van der Waals surface area contributed by atoms with E-state index in [1.165, 1.54) is 0 Å². The molecule has 4 rings (SSSR count). The van der Waals surface area contributed by atoms with Crippen LogP contribution in [0, 0.1) is 6.92 Å². The predicted octanol–water partition coefficient (Wildman–Crippen LogP) is 4.39. The van der Waals surface area contributed by atoms with Gasteiger partial charge in [0.2, 0.25) is 5.91 Å². The molecule has 30 heavy (non-hydrogen) atoms. The number of hydrogen-bond donors (Lipinski definition) is 1. The van der Waals surface area contributed by atoms with Gasteiger partial charge < -0.3 is 14.6 Å². The molecule has 0 unspecified atom stereocenters. The summed E-state index contributed by atoms with van der Waals surface area (Å²) in [5, 5.41) is 6.68. The lowest BCUT2D eigenvalue weighted by Crippen LogP contribution is -2.30. The lowest BCUT2D eigenvalue weighted by molar-refractivity contribution is -0.121. The molecule has 0 aliphatic rings. The molecule has 0 radical (unpaired) electrons. The van der Waals surface area contributed by atoms with Crippen molar-refractivity contribution in [1.82, 2.24) is 19.9 Å². The number of aromatic nitrogens is 3. The van der Waals surface area contributed by atoms with Gasteiger partial charge in [-0.15, -0.1) is 11.3 Å². The Labute approximate surface area is 183 Å². The number of nitrogens with zero attached hydrogens (tertiary/aromatic N) is 3. The highest BCUT2D eigenvalue weighted by molar-refractivity contribution is 7.09. The summed E-state index contributed by atoms with van der Waals surface area (Å²) < 4.78 is 7.76. The number of thiazole rings is 1. The van der Waals surface area contributed by atoms with Gasteiger partial charge in [0.25, 0.3) is 0 Å². The number of hydrogen-bond acceptors (Lipinski definition) is 5. The maximum Gasteiger partial charge on any atom is 0.240 e. The molecule has 1 N–H and O–H groups in total. The minimum Gasteiger partial charge on any atom is -0.486 e. The van der Waals surface area contributed by atoms with Crippen LogP contribution in [0.25, 0.3) is 11.0 Å². The normalized spacial score (nSPS) is 11.0. The molecule has 0 saturated carbocycles. The number of amides is 1. The Kier molecular flexibility index (Phi) is 6.30. The maximum atomic E-state index is 12.6. The molecule has 0 fully saturated rings. The van der Waals surface area contributed by atoms with Crippen LogP contribution in [0.5, 0.6) is 5.75 Å². The Hall–Kier alpha value is -2.90. The van der Waals surface area contributed by atoms with Crippen molar-refractivity contribution >= 4 is 39.9 Å². The number of carbonyl (C=O) groups excluding carboxylic acids is 1. The molecule has 1 amide bonds. The number of carbonyl (C=O) groups is 1. The van der Waals surface area contributed by atoms with E-state index in [1.54, 1.807) is 23.5 Å². The monoisotopic (exact) mass is 440 g/mol. The molecule has 0 aliphatic heterocycles. The van der Waals surface area contributed by atoms with Crippen molar-refractivity contribution in [3.05, 3.63) is 75.5 Å². The fourth-order valence-corrected chi connectivity index (χ4v) is 3.92. The number of benzene rings is 2. The maximum absolute atomic E-state index is 12.6. The molecule has 2 aromatic carbocycles. The molecule has 0 bridgehead atoms. The number of para-hydroxylation sites is 2. The Morgan fingerprint density at radius 3 is 2.73 bits per heavy atom. The average Bonchev–Trinajstić information content (AvgIpc) is 3.31. The zero-order valence-corrected chi connectivity index (χ0v) is 18.0. The summed E-state index contributed by atoms with van der Waals surface area (Å²) in [6.07, 6.45) is 0.716. The van der Waals surface area contributed by atoms with Gasteiger partial charge in [0.15, 0.2) is 0 Å². The fraction of sp³-hybridized carbons (Fsp3) is 0.227. The number of aryl methyl sites for hydroxylation is 1. The highest BCUT2D eigenvalue weighted by Crippen LogP contribution is 2.20. The van der Waals surface area contributed by atoms with Gasteiger partial charge in [-0.25, -0.2) is 9.97 Å². The zero-order valence-electron chi connectivity index (χ0n) is 16.5. The third-order valence-electron chi connectivity index (χ3n) is 4.59. The second-order valence-electron chi connectivity index (χ2n) is 6.80. The molecule has 2 heterocycles. The second kappa shape index (κ2) is 9.28. The Morgan fingerprint density at radius 1 is 1.17 bits per heavy atom. The first-order valence-corrected chi connectivity index (χ1v) is 10.8. The van der Waals surface area contributed by atoms with E-state index < -0.39 is 0 Å². The SMILES string of the molecule is Cc1nc(CCNC(=O)Cn2c(COc3ccc(Cl)cc3)nc3ccccc32)cs1. The standard InChI is InChI=1S/C22H21ClN4O2S/c1-15-25-17(14-30-15)10-11-24-22(28)12-27-20-5-3-2-4-19(20)26-21(27)13-29-18-8-6-16(23)7-9-18/h2-9,14H,10-13H2,1H3,(H,24,28). The fourth-order valence-electron chi connectivity index (χ4n) is 3.14. The van der Waals surface area contributed by atoms with Crippen molar-refractivity contribution in [2.24, 2.45) is 0 Å². The summed E-state index contributed by atoms with van der Waals surface area (Å²) in [7, 11) is 0. The number of imidazole rings is 1. The van der Waals surface area contributed by atoms with Crippen LogP contribution < -0.4 is 10.1 Å². The van der Waals surface area contributed by atoms with E-state index in [0.29, 0.717) is 29.6 Å². The first-order chi connectivity index (χ1) is 14.6. The summed E-state index contributed by atoms with van der Waals surface area (Å²) >= 11 is 7.54. The molecular formula is C22H21ClN4O2S. The van der Waals surface area contributed by atoms with Crippen molar-refractivity contribution < 1.29 is 9.53 Å². The molecule has 2 aromatic heterocycles. The molecule has 8 heteroatoms. The van der Waals surface area contributed by atoms with Gasteiger partial charge in [-0.05, 0) is 43.3 Å². The van der Waals surface area contributed by atoms with Gasteiger partial charge in [-0.3, -0.25) is 4.79 Å². The van der Waals surface area contributed by atoms with Crippen LogP contribution in [0.3, 0.4) is 0 Å². The first kappa shape index (κ1) is 20.4. The quantitative estimate of drug-likeness (QED) is 0.441. The van der Waals surface area contributed by atoms with Crippen molar-refractivity contribution in [3.63, 3.8) is 0 Å². The molecular weight excluding hydrogens is 420 g/mol. The Bertz CT molecular complexity index is 1150. The minimum absolute atomic E-state index is 0.0714. The van der Waals surface area contributed by atoms with Crippen LogP contribution in [0.4, 0.5) is 0 Å². The topological polar surface area (TPSA) is 69.0 Å². The lowest BCUT2D eigenvalue weighted by Gasteiger charge is -2.11. The van der Waals surface area contributed by atoms with E-state index in [2.05, 4.69) is 15.3 Å². The smallest absolute Gasteiger partial charge is 0.240 e. The zero-order chi connectivity index (χ0) is 20.9. The van der Waals surface area contributed by atoms with E-state index in [0.717, 1.165) is 21.7 Å². The Morgan fingerprint density at radius 2 is 1.97 bits per heavy atom. The molecule has 0 atom stereocenters. The minimum atomic E-state index is -0.0714. The van der Waals surface area contributed by atoms with Gasteiger partial charge in [-0.1, -0.05) is 23.7 Å². The first-order valence-electron chi connectivity index (χ1n) is 9.59. The Balaban J connectivity index is 1.44. The lowest BCUT2D eigenvalue weighted by atomic mass is 10.3. The van der Waals surface area contributed by atoms with Gasteiger partial charge >= 0.3 is 0 Å². The van der Waals surface area contributed by atoms with Crippen molar-refractivity contribution in [2.45, 2.75) is 26.5 Å².